The van der Waals surface area contributed by atoms with Gasteiger partial charge in [-0.05, 0) is 72.7 Å². The second-order valence-corrected chi connectivity index (χ2v) is 7.16. The van der Waals surface area contributed by atoms with Crippen LogP contribution in [0.25, 0.3) is 0 Å². The van der Waals surface area contributed by atoms with Crippen LogP contribution in [0.2, 0.25) is 0 Å². The largest absolute Gasteiger partial charge is 0.493 e. The summed E-state index contributed by atoms with van der Waals surface area (Å²) in [6, 6.07) is 4.18. The maximum Gasteiger partial charge on any atom is 0.175 e. The minimum atomic E-state index is 0.205. The Bertz CT molecular complexity index is 484. The van der Waals surface area contributed by atoms with Crippen molar-refractivity contribution < 1.29 is 9.47 Å². The quantitative estimate of drug-likeness (QED) is 0.743. The van der Waals surface area contributed by atoms with Gasteiger partial charge in [-0.3, -0.25) is 0 Å². The number of hydrogen-bond donors (Lipinski definition) is 1. The molecule has 1 aliphatic carbocycles. The van der Waals surface area contributed by atoms with E-state index in [-0.39, 0.29) is 5.54 Å². The van der Waals surface area contributed by atoms with E-state index in [4.69, 9.17) is 9.47 Å². The normalized spacial score (nSPS) is 15.1. The predicted octanol–water partition coefficient (Wildman–Crippen LogP) is 4.52. The molecule has 1 N–H and O–H groups in total. The number of rotatable bonds is 8. The van der Waals surface area contributed by atoms with E-state index in [1.54, 1.807) is 7.11 Å². The fraction of sp³-hybridized carbons (Fsp3) is 0.647. The Balaban J connectivity index is 2.08. The van der Waals surface area contributed by atoms with E-state index >= 15 is 0 Å². The van der Waals surface area contributed by atoms with Gasteiger partial charge in [-0.1, -0.05) is 6.92 Å². The maximum absolute atomic E-state index is 5.76. The smallest absolute Gasteiger partial charge is 0.175 e. The number of benzene rings is 1. The average molecular weight is 356 g/mol. The molecule has 0 atom stereocenters. The first kappa shape index (κ1) is 16.6. The van der Waals surface area contributed by atoms with Crippen molar-refractivity contribution in [3.8, 4) is 11.5 Å². The minimum Gasteiger partial charge on any atom is -0.493 e. The van der Waals surface area contributed by atoms with E-state index < -0.39 is 0 Å². The number of hydrogen-bond acceptors (Lipinski definition) is 3. The van der Waals surface area contributed by atoms with E-state index in [0.29, 0.717) is 6.61 Å². The zero-order valence-electron chi connectivity index (χ0n) is 13.5. The lowest BCUT2D eigenvalue weighted by Crippen LogP contribution is -2.40. The Morgan fingerprint density at radius 1 is 1.33 bits per heavy atom. The van der Waals surface area contributed by atoms with E-state index in [2.05, 4.69) is 54.2 Å². The van der Waals surface area contributed by atoms with Crippen LogP contribution >= 0.6 is 15.9 Å². The van der Waals surface area contributed by atoms with Crippen molar-refractivity contribution in [2.75, 3.05) is 13.7 Å². The van der Waals surface area contributed by atoms with Gasteiger partial charge in [0.1, 0.15) is 0 Å². The summed E-state index contributed by atoms with van der Waals surface area (Å²) in [6.07, 6.45) is 3.67. The summed E-state index contributed by atoms with van der Waals surface area (Å²) in [5, 5.41) is 3.66. The van der Waals surface area contributed by atoms with Crippen molar-refractivity contribution >= 4 is 15.9 Å². The third-order valence-electron chi connectivity index (χ3n) is 4.09. The highest BCUT2D eigenvalue weighted by atomic mass is 79.9. The van der Waals surface area contributed by atoms with Crippen LogP contribution in [0.1, 0.15) is 45.6 Å². The molecule has 0 unspecified atom stereocenters. The molecule has 1 aliphatic rings. The highest BCUT2D eigenvalue weighted by Crippen LogP contribution is 2.40. The van der Waals surface area contributed by atoms with Gasteiger partial charge >= 0.3 is 0 Å². The topological polar surface area (TPSA) is 30.5 Å². The molecule has 118 valence electrons. The third-order valence-corrected chi connectivity index (χ3v) is 4.67. The van der Waals surface area contributed by atoms with E-state index in [1.165, 1.54) is 18.4 Å². The molecule has 0 spiro atoms. The Morgan fingerprint density at radius 3 is 2.62 bits per heavy atom. The van der Waals surface area contributed by atoms with Crippen molar-refractivity contribution in [1.82, 2.24) is 5.32 Å². The Morgan fingerprint density at radius 2 is 2.05 bits per heavy atom. The Hall–Kier alpha value is -0.740. The average Bonchev–Trinajstić information content (AvgIpc) is 3.28. The summed E-state index contributed by atoms with van der Waals surface area (Å²) in [5.74, 6) is 2.40. The van der Waals surface area contributed by atoms with Crippen LogP contribution in [0, 0.1) is 5.92 Å². The van der Waals surface area contributed by atoms with Crippen molar-refractivity contribution in [3.05, 3.63) is 22.2 Å². The zero-order chi connectivity index (χ0) is 15.5. The molecule has 1 fully saturated rings. The van der Waals surface area contributed by atoms with Crippen molar-refractivity contribution in [3.63, 3.8) is 0 Å². The van der Waals surface area contributed by atoms with Gasteiger partial charge in [0.15, 0.2) is 11.5 Å². The second kappa shape index (κ2) is 7.01. The maximum atomic E-state index is 5.76. The Labute approximate surface area is 136 Å². The summed E-state index contributed by atoms with van der Waals surface area (Å²) in [5.41, 5.74) is 1.41. The monoisotopic (exact) mass is 355 g/mol. The van der Waals surface area contributed by atoms with Gasteiger partial charge in [0.25, 0.3) is 0 Å². The molecule has 2 rings (SSSR count). The van der Waals surface area contributed by atoms with Gasteiger partial charge in [0.05, 0.1) is 18.2 Å². The molecule has 0 aromatic heterocycles. The molecular weight excluding hydrogens is 330 g/mol. The van der Waals surface area contributed by atoms with Crippen LogP contribution in [0.4, 0.5) is 0 Å². The number of ether oxygens (including phenoxy) is 2. The molecule has 0 saturated heterocycles. The first-order valence-corrected chi connectivity index (χ1v) is 8.51. The molecule has 0 bridgehead atoms. The summed E-state index contributed by atoms with van der Waals surface area (Å²) in [6.45, 7) is 8.21. The molecule has 21 heavy (non-hydrogen) atoms. The fourth-order valence-corrected chi connectivity index (χ4v) is 3.10. The van der Waals surface area contributed by atoms with Gasteiger partial charge in [-0.15, -0.1) is 0 Å². The third kappa shape index (κ3) is 4.36. The molecule has 1 aromatic carbocycles. The molecule has 0 amide bonds. The standard InChI is InChI=1S/C17H26BrNO2/c1-5-8-21-16-14(18)9-12(10-15(16)20-4)11-19-17(2,3)13-6-7-13/h9-10,13,19H,5-8,11H2,1-4H3. The Kier molecular flexibility index (Phi) is 5.55. The first-order valence-electron chi connectivity index (χ1n) is 7.72. The van der Waals surface area contributed by atoms with Crippen LogP contribution in [-0.2, 0) is 6.54 Å². The van der Waals surface area contributed by atoms with Gasteiger partial charge in [0.2, 0.25) is 0 Å². The molecular formula is C17H26BrNO2. The lowest BCUT2D eigenvalue weighted by molar-refractivity contribution is 0.291. The van der Waals surface area contributed by atoms with Gasteiger partial charge in [0, 0.05) is 12.1 Å². The fourth-order valence-electron chi connectivity index (χ4n) is 2.50. The molecule has 3 nitrogen and oxygen atoms in total. The van der Waals surface area contributed by atoms with Gasteiger partial charge in [-0.2, -0.15) is 0 Å². The van der Waals surface area contributed by atoms with Crippen LogP contribution in [0.3, 0.4) is 0 Å². The first-order chi connectivity index (χ1) is 9.97. The highest BCUT2D eigenvalue weighted by Gasteiger charge is 2.37. The summed E-state index contributed by atoms with van der Waals surface area (Å²) >= 11 is 3.60. The number of nitrogens with one attached hydrogen (secondary N) is 1. The van der Waals surface area contributed by atoms with Crippen LogP contribution < -0.4 is 14.8 Å². The zero-order valence-corrected chi connectivity index (χ0v) is 15.0. The summed E-state index contributed by atoms with van der Waals surface area (Å²) in [4.78, 5) is 0. The lowest BCUT2D eigenvalue weighted by Gasteiger charge is -2.26. The SMILES string of the molecule is CCCOc1c(Br)cc(CNC(C)(C)C2CC2)cc1OC. The molecule has 1 saturated carbocycles. The molecule has 1 aromatic rings. The van der Waals surface area contributed by atoms with Gasteiger partial charge in [-0.25, -0.2) is 0 Å². The predicted molar refractivity (Wildman–Crippen MR) is 90.1 cm³/mol. The summed E-state index contributed by atoms with van der Waals surface area (Å²) in [7, 11) is 1.69. The summed E-state index contributed by atoms with van der Waals surface area (Å²) < 4.78 is 12.2. The molecule has 0 aliphatic heterocycles. The minimum absolute atomic E-state index is 0.205. The number of halogens is 1. The molecule has 4 heteroatoms. The van der Waals surface area contributed by atoms with E-state index in [0.717, 1.165) is 34.9 Å². The van der Waals surface area contributed by atoms with E-state index in [9.17, 15) is 0 Å². The lowest BCUT2D eigenvalue weighted by atomic mass is 9.98. The molecule has 0 heterocycles. The van der Waals surface area contributed by atoms with Crippen LogP contribution in [0.15, 0.2) is 16.6 Å². The van der Waals surface area contributed by atoms with Crippen LogP contribution in [0.5, 0.6) is 11.5 Å². The van der Waals surface area contributed by atoms with E-state index in [1.807, 2.05) is 0 Å². The second-order valence-electron chi connectivity index (χ2n) is 6.31. The van der Waals surface area contributed by atoms with Gasteiger partial charge < -0.3 is 14.8 Å². The highest BCUT2D eigenvalue weighted by molar-refractivity contribution is 9.10. The van der Waals surface area contributed by atoms with Crippen molar-refractivity contribution in [1.29, 1.82) is 0 Å². The number of methoxy groups -OCH3 is 1. The van der Waals surface area contributed by atoms with Crippen LogP contribution in [-0.4, -0.2) is 19.3 Å². The van der Waals surface area contributed by atoms with Crippen molar-refractivity contribution in [2.24, 2.45) is 5.92 Å². The van der Waals surface area contributed by atoms with Crippen molar-refractivity contribution in [2.45, 2.75) is 52.1 Å². The molecule has 0 radical (unpaired) electrons.